The first kappa shape index (κ1) is 29.5. The van der Waals surface area contributed by atoms with Crippen molar-refractivity contribution in [3.63, 3.8) is 0 Å². The first-order chi connectivity index (χ1) is 12.8. The van der Waals surface area contributed by atoms with Gasteiger partial charge in [-0.05, 0) is 24.7 Å². The van der Waals surface area contributed by atoms with E-state index in [1.165, 1.54) is 64.2 Å². The maximum absolute atomic E-state index is 2.52. The summed E-state index contributed by atoms with van der Waals surface area (Å²) in [6.07, 6.45) is 32.4. The van der Waals surface area contributed by atoms with Gasteiger partial charge >= 0.3 is 26.2 Å². The molecule has 2 fully saturated rings. The predicted octanol–water partition coefficient (Wildman–Crippen LogP) is 1.81. The molecule has 0 spiro atoms. The summed E-state index contributed by atoms with van der Waals surface area (Å²) >= 11 is 0. The third-order valence-electron chi connectivity index (χ3n) is 6.52. The van der Waals surface area contributed by atoms with Crippen molar-refractivity contribution in [1.29, 1.82) is 0 Å². The van der Waals surface area contributed by atoms with Crippen molar-refractivity contribution in [3.8, 4) is 0 Å². The summed E-state index contributed by atoms with van der Waals surface area (Å²) in [6.45, 7) is 4.56. The summed E-state index contributed by atoms with van der Waals surface area (Å²) in [5, 5.41) is 0. The fourth-order valence-electron chi connectivity index (χ4n) is 4.98. The van der Waals surface area contributed by atoms with E-state index in [1.807, 2.05) is 0 Å². The van der Waals surface area contributed by atoms with E-state index < -0.39 is 0 Å². The molecule has 0 nitrogen and oxygen atoms in total. The molecule has 0 aromatic rings. The molecule has 4 aliphatic carbocycles. The Kier molecular flexibility index (Phi) is 16.5. The number of unbranched alkanes of at least 4 members (excludes halogenated alkanes) is 2. The van der Waals surface area contributed by atoms with E-state index in [0.717, 1.165) is 23.7 Å². The molecule has 4 rings (SSSR count). The van der Waals surface area contributed by atoms with Crippen molar-refractivity contribution in [1.82, 2.24) is 0 Å². The van der Waals surface area contributed by atoms with Crippen LogP contribution >= 0.6 is 0 Å². The Hall–Kier alpha value is 0.543. The fraction of sp³-hybridized carbons (Fsp3) is 0.615. The molecular weight excluding hydrogens is 563 g/mol. The summed E-state index contributed by atoms with van der Waals surface area (Å²) in [7, 11) is 0. The van der Waals surface area contributed by atoms with E-state index in [0.29, 0.717) is 0 Å². The van der Waals surface area contributed by atoms with Crippen molar-refractivity contribution in [3.05, 3.63) is 60.4 Å². The van der Waals surface area contributed by atoms with Gasteiger partial charge in [0.05, 0.1) is 0 Å². The topological polar surface area (TPSA) is 0 Å². The quantitative estimate of drug-likeness (QED) is 0.408. The van der Waals surface area contributed by atoms with Gasteiger partial charge in [-0.15, -0.1) is 24.3 Å². The van der Waals surface area contributed by atoms with Crippen LogP contribution in [-0.4, -0.2) is 0 Å². The first-order valence-corrected chi connectivity index (χ1v) is 11.2. The molecule has 3 heteroatoms. The Balaban J connectivity index is 0.000000490. The molecule has 0 aromatic carbocycles. The number of allylic oxidation sites excluding steroid dienone is 8. The van der Waals surface area contributed by atoms with Crippen molar-refractivity contribution in [2.45, 2.75) is 78.1 Å². The Morgan fingerprint density at radius 3 is 1.52 bits per heavy atom. The van der Waals surface area contributed by atoms with Crippen LogP contribution in [0.25, 0.3) is 0 Å². The Morgan fingerprint density at radius 1 is 0.759 bits per heavy atom. The van der Waals surface area contributed by atoms with Gasteiger partial charge in [0.1, 0.15) is 0 Å². The Labute approximate surface area is 220 Å². The van der Waals surface area contributed by atoms with Gasteiger partial charge in [0.25, 0.3) is 0 Å². The zero-order valence-electron chi connectivity index (χ0n) is 18.3. The van der Waals surface area contributed by atoms with Gasteiger partial charge in [0, 0.05) is 0 Å². The Bertz CT molecular complexity index is 511. The monoisotopic (exact) mass is 598 g/mol. The second kappa shape index (κ2) is 16.2. The number of rotatable bonds is 6. The minimum absolute atomic E-state index is 0. The van der Waals surface area contributed by atoms with E-state index in [1.54, 1.807) is 11.1 Å². The maximum atomic E-state index is 2.52. The van der Waals surface area contributed by atoms with E-state index in [-0.39, 0.29) is 60.2 Å². The molecule has 0 aromatic heterocycles. The summed E-state index contributed by atoms with van der Waals surface area (Å²) in [6, 6.07) is 0. The van der Waals surface area contributed by atoms with E-state index in [2.05, 4.69) is 63.1 Å². The summed E-state index contributed by atoms with van der Waals surface area (Å²) < 4.78 is 0. The normalized spacial score (nSPS) is 27.8. The molecule has 4 aliphatic rings. The van der Waals surface area contributed by atoms with Crippen LogP contribution in [0.1, 0.15) is 78.1 Å². The zero-order chi connectivity index (χ0) is 18.2. The molecule has 160 valence electrons. The minimum atomic E-state index is 0. The standard InChI is InChI=1S/2C13H19.2BrH.Zr/c2*1-2-3-6-11-9-12-7-4-5-8-13(12)10-11;;;/h2*4-5,7,9,11,13H,2-3,6,8,10H2,1H3;2*1H;/q2*-1;;;+4/p-2. The second-order valence-electron chi connectivity index (χ2n) is 8.66. The molecular formula is C26H38Br2Zr. The van der Waals surface area contributed by atoms with Crippen LogP contribution < -0.4 is 34.0 Å². The van der Waals surface area contributed by atoms with Gasteiger partial charge in [-0.3, -0.25) is 0 Å². The molecule has 0 bridgehead atoms. The molecule has 0 aliphatic heterocycles. The summed E-state index contributed by atoms with van der Waals surface area (Å²) in [4.78, 5) is 0. The number of halogens is 2. The van der Waals surface area contributed by atoms with E-state index in [4.69, 9.17) is 0 Å². The van der Waals surface area contributed by atoms with Gasteiger partial charge in [0.15, 0.2) is 0 Å². The van der Waals surface area contributed by atoms with Crippen molar-refractivity contribution < 1.29 is 60.2 Å². The zero-order valence-corrected chi connectivity index (χ0v) is 23.9. The average molecular weight is 602 g/mol. The molecule has 2 saturated carbocycles. The molecule has 29 heavy (non-hydrogen) atoms. The average Bonchev–Trinajstić information content (AvgIpc) is 3.28. The van der Waals surface area contributed by atoms with Crippen molar-refractivity contribution >= 4 is 0 Å². The fourth-order valence-corrected chi connectivity index (χ4v) is 4.98. The number of fused-ring (bicyclic) bond motifs is 2. The number of hydrogen-bond acceptors (Lipinski definition) is 0. The smallest absolute Gasteiger partial charge is 1.00 e. The molecule has 0 amide bonds. The first-order valence-electron chi connectivity index (χ1n) is 11.2. The van der Waals surface area contributed by atoms with Crippen molar-refractivity contribution in [2.75, 3.05) is 0 Å². The van der Waals surface area contributed by atoms with E-state index in [9.17, 15) is 0 Å². The van der Waals surface area contributed by atoms with Crippen LogP contribution in [0, 0.1) is 36.5 Å². The van der Waals surface area contributed by atoms with Crippen LogP contribution in [-0.2, 0) is 26.2 Å². The third-order valence-corrected chi connectivity index (χ3v) is 6.52. The van der Waals surface area contributed by atoms with Crippen LogP contribution in [0.3, 0.4) is 0 Å². The SMILES string of the molecule is CCCCC1[CH-]C2=CC=CCC2C1.CCCCC1[CH-]C2=CC=CCC2C1.[Br-].[Br-].[Zr+4]. The molecule has 0 heterocycles. The maximum Gasteiger partial charge on any atom is 4.00 e. The Morgan fingerprint density at radius 2 is 1.17 bits per heavy atom. The molecule has 4 atom stereocenters. The summed E-state index contributed by atoms with van der Waals surface area (Å²) in [5.74, 6) is 3.51. The minimum Gasteiger partial charge on any atom is -1.00 e. The van der Waals surface area contributed by atoms with Crippen molar-refractivity contribution in [2.24, 2.45) is 23.7 Å². The molecule has 0 radical (unpaired) electrons. The van der Waals surface area contributed by atoms with Gasteiger partial charge in [0.2, 0.25) is 0 Å². The largest absolute Gasteiger partial charge is 4.00 e. The van der Waals surface area contributed by atoms with Gasteiger partial charge in [-0.25, -0.2) is 36.1 Å². The predicted molar refractivity (Wildman–Crippen MR) is 115 cm³/mol. The van der Waals surface area contributed by atoms with E-state index >= 15 is 0 Å². The molecule has 0 N–H and O–H groups in total. The second-order valence-corrected chi connectivity index (χ2v) is 8.66. The van der Waals surface area contributed by atoms with Gasteiger partial charge in [-0.1, -0.05) is 77.0 Å². The summed E-state index contributed by atoms with van der Waals surface area (Å²) in [5.41, 5.74) is 3.23. The molecule has 0 saturated heterocycles. The number of hydrogen-bond donors (Lipinski definition) is 0. The van der Waals surface area contributed by atoms with Crippen LogP contribution in [0.4, 0.5) is 0 Å². The van der Waals surface area contributed by atoms with Gasteiger partial charge < -0.3 is 34.0 Å². The van der Waals surface area contributed by atoms with Gasteiger partial charge in [-0.2, -0.15) is 0 Å². The van der Waals surface area contributed by atoms with Crippen LogP contribution in [0.15, 0.2) is 47.6 Å². The molecule has 4 unspecified atom stereocenters. The third kappa shape index (κ3) is 9.28. The van der Waals surface area contributed by atoms with Crippen LogP contribution in [0.5, 0.6) is 0 Å². The van der Waals surface area contributed by atoms with Crippen LogP contribution in [0.2, 0.25) is 0 Å².